The van der Waals surface area contributed by atoms with Gasteiger partial charge in [0.25, 0.3) is 5.56 Å². The number of rotatable bonds is 4. The third kappa shape index (κ3) is 3.47. The molecule has 0 bridgehead atoms. The topological polar surface area (TPSA) is 102 Å². The Kier molecular flexibility index (Phi) is 4.63. The number of carbonyl (C=O) groups is 1. The molecule has 0 radical (unpaired) electrons. The van der Waals surface area contributed by atoms with Gasteiger partial charge in [-0.15, -0.1) is 0 Å². The lowest BCUT2D eigenvalue weighted by molar-refractivity contribution is -0.140. The highest BCUT2D eigenvalue weighted by molar-refractivity contribution is 5.77. The molecule has 2 amide bonds. The molecule has 4 heterocycles. The van der Waals surface area contributed by atoms with E-state index in [9.17, 15) is 27.9 Å². The van der Waals surface area contributed by atoms with Crippen LogP contribution in [0, 0.1) is 22.7 Å². The van der Waals surface area contributed by atoms with E-state index in [0.717, 1.165) is 69.9 Å². The van der Waals surface area contributed by atoms with E-state index in [4.69, 9.17) is 0 Å². The van der Waals surface area contributed by atoms with Crippen LogP contribution >= 0.6 is 0 Å². The number of nitrogens with zero attached hydrogens (tertiary/aromatic N) is 4. The second kappa shape index (κ2) is 7.28. The number of hydrogen-bond acceptors (Lipinski definition) is 6. The summed E-state index contributed by atoms with van der Waals surface area (Å²) in [5.74, 6) is 0.389. The fourth-order valence-corrected chi connectivity index (χ4v) is 7.84. The molecular weight excluding hydrogens is 489 g/mol. The number of halogens is 3. The van der Waals surface area contributed by atoms with E-state index >= 15 is 0 Å². The molecule has 6 aliphatic rings. The molecule has 7 rings (SSSR count). The molecule has 37 heavy (non-hydrogen) atoms. The van der Waals surface area contributed by atoms with Crippen molar-refractivity contribution in [3.63, 3.8) is 0 Å². The molecule has 12 heteroatoms. The van der Waals surface area contributed by atoms with Gasteiger partial charge in [-0.05, 0) is 50.5 Å². The van der Waals surface area contributed by atoms with Gasteiger partial charge in [-0.3, -0.25) is 4.79 Å². The molecule has 1 aromatic rings. The van der Waals surface area contributed by atoms with Crippen molar-refractivity contribution < 1.29 is 23.1 Å². The van der Waals surface area contributed by atoms with Gasteiger partial charge >= 0.3 is 12.2 Å². The molecule has 3 aliphatic carbocycles. The first-order valence-corrected chi connectivity index (χ1v) is 13.0. The summed E-state index contributed by atoms with van der Waals surface area (Å²) in [6.45, 7) is 3.09. The average molecular weight is 521 g/mol. The minimum Gasteiger partial charge on any atom is -0.386 e. The molecule has 5 fully saturated rings. The number of aliphatic imine (C=N–C) groups is 1. The summed E-state index contributed by atoms with van der Waals surface area (Å²) in [5, 5.41) is 10.8. The fourth-order valence-electron chi connectivity index (χ4n) is 7.84. The van der Waals surface area contributed by atoms with Crippen molar-refractivity contribution in [2.24, 2.45) is 27.7 Å². The lowest BCUT2D eigenvalue weighted by Gasteiger charge is -2.64. The van der Waals surface area contributed by atoms with Crippen LogP contribution in [0.1, 0.15) is 44.1 Å². The number of likely N-dealkylation sites (tertiary alicyclic amines) is 2. The van der Waals surface area contributed by atoms with E-state index in [1.165, 1.54) is 4.57 Å². The normalized spacial score (nSPS) is 30.9. The number of urea groups is 1. The highest BCUT2D eigenvalue weighted by atomic mass is 19.4. The molecule has 0 aromatic carbocycles. The van der Waals surface area contributed by atoms with Gasteiger partial charge < -0.3 is 24.9 Å². The molecule has 1 aromatic heterocycles. The monoisotopic (exact) mass is 520 g/mol. The second-order valence-corrected chi connectivity index (χ2v) is 12.6. The van der Waals surface area contributed by atoms with Crippen molar-refractivity contribution in [1.29, 1.82) is 0 Å². The van der Waals surface area contributed by atoms with E-state index in [0.29, 0.717) is 13.1 Å². The molecule has 3 aliphatic heterocycles. The van der Waals surface area contributed by atoms with Crippen LogP contribution in [0.5, 0.6) is 0 Å². The standard InChI is InChI=1S/C25H31F3N6O3/c26-25(27,28)17-1-2-19(35)32(10-17)9-16-5-21(6-16)11-33(12-21)20(36)34-13-22(14-34)7-18(8-22)24(23(37)3-4-23)29-15-30-31-24/h1-2,10,15-16,18,31,37H,3-9,11-14H2,(H,29,30). The molecule has 1 atom stereocenters. The van der Waals surface area contributed by atoms with Crippen LogP contribution in [0.4, 0.5) is 18.0 Å². The Balaban J connectivity index is 0.879. The predicted molar refractivity (Wildman–Crippen MR) is 126 cm³/mol. The first-order valence-electron chi connectivity index (χ1n) is 13.0. The third-order valence-corrected chi connectivity index (χ3v) is 9.83. The molecular formula is C25H31F3N6O3. The predicted octanol–water partition coefficient (Wildman–Crippen LogP) is 1.77. The minimum atomic E-state index is -4.47. The van der Waals surface area contributed by atoms with E-state index in [-0.39, 0.29) is 35.2 Å². The Morgan fingerprint density at radius 3 is 2.22 bits per heavy atom. The van der Waals surface area contributed by atoms with E-state index in [2.05, 4.69) is 15.8 Å². The van der Waals surface area contributed by atoms with Crippen LogP contribution in [-0.2, 0) is 12.7 Å². The van der Waals surface area contributed by atoms with Crippen molar-refractivity contribution in [3.8, 4) is 0 Å². The number of alkyl halides is 3. The van der Waals surface area contributed by atoms with Gasteiger partial charge in [-0.1, -0.05) is 0 Å². The van der Waals surface area contributed by atoms with Crippen molar-refractivity contribution in [3.05, 3.63) is 34.2 Å². The van der Waals surface area contributed by atoms with Crippen LogP contribution in [0.3, 0.4) is 0 Å². The van der Waals surface area contributed by atoms with Gasteiger partial charge in [-0.25, -0.2) is 15.2 Å². The first-order chi connectivity index (χ1) is 17.4. The Morgan fingerprint density at radius 1 is 1.05 bits per heavy atom. The number of aromatic nitrogens is 1. The van der Waals surface area contributed by atoms with Gasteiger partial charge in [0.2, 0.25) is 0 Å². The Labute approximate surface area is 211 Å². The summed E-state index contributed by atoms with van der Waals surface area (Å²) < 4.78 is 40.1. The van der Waals surface area contributed by atoms with Crippen LogP contribution in [0.15, 0.2) is 28.1 Å². The zero-order valence-corrected chi connectivity index (χ0v) is 20.4. The number of pyridine rings is 1. The summed E-state index contributed by atoms with van der Waals surface area (Å²) in [6.07, 6.45) is 3.07. The maximum Gasteiger partial charge on any atom is 0.417 e. The van der Waals surface area contributed by atoms with Crippen molar-refractivity contribution in [2.75, 3.05) is 26.2 Å². The van der Waals surface area contributed by atoms with Gasteiger partial charge in [0, 0.05) is 61.7 Å². The van der Waals surface area contributed by atoms with Gasteiger partial charge in [-0.2, -0.15) is 13.2 Å². The van der Waals surface area contributed by atoms with Crippen LogP contribution in [0.25, 0.3) is 0 Å². The average Bonchev–Trinajstić information content (AvgIpc) is 3.28. The molecule has 2 saturated heterocycles. The highest BCUT2D eigenvalue weighted by Crippen LogP contribution is 2.62. The van der Waals surface area contributed by atoms with E-state index in [1.807, 2.05) is 9.80 Å². The number of nitrogens with one attached hydrogen (secondary N) is 2. The van der Waals surface area contributed by atoms with Crippen LogP contribution < -0.4 is 16.4 Å². The Hall–Kier alpha value is -2.60. The summed E-state index contributed by atoms with van der Waals surface area (Å²) >= 11 is 0. The van der Waals surface area contributed by atoms with E-state index in [1.54, 1.807) is 6.34 Å². The number of aliphatic hydroxyl groups is 1. The first kappa shape index (κ1) is 23.5. The lowest BCUT2D eigenvalue weighted by Crippen LogP contribution is -2.73. The van der Waals surface area contributed by atoms with E-state index < -0.39 is 28.6 Å². The molecule has 3 saturated carbocycles. The number of carbonyl (C=O) groups excluding carboxylic acids is 1. The smallest absolute Gasteiger partial charge is 0.386 e. The summed E-state index contributed by atoms with van der Waals surface area (Å²) in [4.78, 5) is 33.4. The summed E-state index contributed by atoms with van der Waals surface area (Å²) in [5.41, 5.74) is 3.66. The third-order valence-electron chi connectivity index (χ3n) is 9.83. The Morgan fingerprint density at radius 2 is 1.68 bits per heavy atom. The number of hydrogen-bond donors (Lipinski definition) is 3. The Bertz CT molecular complexity index is 1210. The van der Waals surface area contributed by atoms with Gasteiger partial charge in [0.1, 0.15) is 5.60 Å². The quantitative estimate of drug-likeness (QED) is 0.562. The number of amides is 2. The molecule has 3 N–H and O–H groups in total. The second-order valence-electron chi connectivity index (χ2n) is 12.6. The maximum absolute atomic E-state index is 13.0. The fraction of sp³-hybridized carbons (Fsp3) is 0.720. The van der Waals surface area contributed by atoms with Crippen molar-refractivity contribution >= 4 is 12.4 Å². The largest absolute Gasteiger partial charge is 0.417 e. The van der Waals surface area contributed by atoms with Crippen molar-refractivity contribution in [1.82, 2.24) is 25.2 Å². The van der Waals surface area contributed by atoms with Crippen molar-refractivity contribution in [2.45, 2.75) is 62.5 Å². The maximum atomic E-state index is 13.0. The molecule has 200 valence electrons. The lowest BCUT2D eigenvalue weighted by atomic mass is 9.53. The zero-order chi connectivity index (χ0) is 25.8. The molecule has 1 unspecified atom stereocenters. The van der Waals surface area contributed by atoms with Gasteiger partial charge in [0.15, 0.2) is 5.66 Å². The number of hydrazine groups is 1. The van der Waals surface area contributed by atoms with Crippen LogP contribution in [-0.4, -0.2) is 69.3 Å². The highest BCUT2D eigenvalue weighted by Gasteiger charge is 2.69. The summed E-state index contributed by atoms with van der Waals surface area (Å²) in [6, 6.07) is 1.87. The SMILES string of the molecule is O=C(N1CC2(CC(Cn3cc(C(F)(F)F)ccc3=O)C2)C1)N1CC2(CC(C3(C4(O)CC4)N=CNN3)C2)C1. The minimum absolute atomic E-state index is 0.0426. The molecule has 9 nitrogen and oxygen atoms in total. The molecule has 2 spiro atoms. The van der Waals surface area contributed by atoms with Gasteiger partial charge in [0.05, 0.1) is 11.9 Å². The summed E-state index contributed by atoms with van der Waals surface area (Å²) in [7, 11) is 0. The van der Waals surface area contributed by atoms with Crippen LogP contribution in [0.2, 0.25) is 0 Å². The zero-order valence-electron chi connectivity index (χ0n) is 20.4.